The highest BCUT2D eigenvalue weighted by Gasteiger charge is 2.17. The van der Waals surface area contributed by atoms with Crippen molar-refractivity contribution < 1.29 is 9.53 Å². The molecule has 0 amide bonds. The van der Waals surface area contributed by atoms with Crippen LogP contribution in [-0.2, 0) is 11.3 Å². The van der Waals surface area contributed by atoms with Gasteiger partial charge >= 0.3 is 5.97 Å². The Kier molecular flexibility index (Phi) is 4.98. The third kappa shape index (κ3) is 3.48. The van der Waals surface area contributed by atoms with Crippen molar-refractivity contribution in [3.63, 3.8) is 0 Å². The zero-order valence-corrected chi connectivity index (χ0v) is 14.8. The monoisotopic (exact) mass is 334 g/mol. The maximum absolute atomic E-state index is 12.4. The number of anilines is 1. The predicted molar refractivity (Wildman–Crippen MR) is 101 cm³/mol. The van der Waals surface area contributed by atoms with Crippen LogP contribution in [0.5, 0.6) is 0 Å². The highest BCUT2D eigenvalue weighted by Crippen LogP contribution is 2.30. The topological polar surface area (TPSA) is 51.2 Å². The van der Waals surface area contributed by atoms with E-state index in [0.717, 1.165) is 27.7 Å². The highest BCUT2D eigenvalue weighted by molar-refractivity contribution is 6.05. The van der Waals surface area contributed by atoms with Crippen molar-refractivity contribution in [1.82, 2.24) is 4.98 Å². The average Bonchev–Trinajstić information content (AvgIpc) is 2.63. The van der Waals surface area contributed by atoms with Crippen LogP contribution in [0.25, 0.3) is 10.9 Å². The molecule has 0 radical (unpaired) electrons. The number of esters is 1. The molecule has 4 heteroatoms. The lowest BCUT2D eigenvalue weighted by Gasteiger charge is -2.16. The van der Waals surface area contributed by atoms with Gasteiger partial charge < -0.3 is 10.1 Å². The first kappa shape index (κ1) is 17.0. The van der Waals surface area contributed by atoms with Gasteiger partial charge in [-0.2, -0.15) is 0 Å². The number of aromatic nitrogens is 1. The quantitative estimate of drug-likeness (QED) is 0.691. The number of rotatable bonds is 5. The van der Waals surface area contributed by atoms with Gasteiger partial charge in [-0.1, -0.05) is 42.5 Å². The van der Waals surface area contributed by atoms with Crippen LogP contribution < -0.4 is 5.32 Å². The van der Waals surface area contributed by atoms with Gasteiger partial charge in [0.2, 0.25) is 0 Å². The van der Waals surface area contributed by atoms with Gasteiger partial charge in [-0.15, -0.1) is 0 Å². The summed E-state index contributed by atoms with van der Waals surface area (Å²) in [4.78, 5) is 16.9. The van der Waals surface area contributed by atoms with E-state index in [-0.39, 0.29) is 5.97 Å². The standard InChI is InChI=1S/C21H22N2O2/c1-4-25-21(24)18-13-23-19-15(3)14(2)10-11-17(19)20(18)22-12-16-8-6-5-7-9-16/h5-11,13H,4,12H2,1-3H3,(H,22,23). The molecule has 0 aliphatic carbocycles. The Balaban J connectivity index is 2.08. The molecule has 0 bridgehead atoms. The molecule has 0 saturated heterocycles. The summed E-state index contributed by atoms with van der Waals surface area (Å²) in [5.74, 6) is -0.356. The minimum atomic E-state index is -0.356. The van der Waals surface area contributed by atoms with Crippen molar-refractivity contribution in [2.24, 2.45) is 0 Å². The van der Waals surface area contributed by atoms with E-state index in [2.05, 4.69) is 42.3 Å². The van der Waals surface area contributed by atoms with Crippen LogP contribution in [0, 0.1) is 13.8 Å². The van der Waals surface area contributed by atoms with Crippen molar-refractivity contribution in [2.45, 2.75) is 27.3 Å². The van der Waals surface area contributed by atoms with Gasteiger partial charge in [-0.05, 0) is 37.5 Å². The smallest absolute Gasteiger partial charge is 0.341 e. The molecule has 0 spiro atoms. The first-order valence-corrected chi connectivity index (χ1v) is 8.45. The Hall–Kier alpha value is -2.88. The number of carbonyl (C=O) groups is 1. The molecule has 0 unspecified atom stereocenters. The molecule has 128 valence electrons. The molecule has 0 fully saturated rings. The van der Waals surface area contributed by atoms with Crippen molar-refractivity contribution >= 4 is 22.6 Å². The molecule has 2 aromatic carbocycles. The summed E-state index contributed by atoms with van der Waals surface area (Å²) in [5, 5.41) is 4.35. The second-order valence-electron chi connectivity index (χ2n) is 6.01. The van der Waals surface area contributed by atoms with Crippen LogP contribution >= 0.6 is 0 Å². The lowest BCUT2D eigenvalue weighted by atomic mass is 10.0. The maximum Gasteiger partial charge on any atom is 0.341 e. The van der Waals surface area contributed by atoms with Crippen LogP contribution in [0.1, 0.15) is 34.0 Å². The van der Waals surface area contributed by atoms with Gasteiger partial charge in [-0.3, -0.25) is 4.98 Å². The Morgan fingerprint density at radius 1 is 1.12 bits per heavy atom. The number of nitrogens with zero attached hydrogens (tertiary/aromatic N) is 1. The van der Waals surface area contributed by atoms with Crippen LogP contribution in [0.3, 0.4) is 0 Å². The fourth-order valence-corrected chi connectivity index (χ4v) is 2.85. The van der Waals surface area contributed by atoms with Gasteiger partial charge in [-0.25, -0.2) is 4.79 Å². The van der Waals surface area contributed by atoms with E-state index in [9.17, 15) is 4.79 Å². The molecule has 3 rings (SSSR count). The number of fused-ring (bicyclic) bond motifs is 1. The first-order valence-electron chi connectivity index (χ1n) is 8.45. The van der Waals surface area contributed by atoms with E-state index < -0.39 is 0 Å². The van der Waals surface area contributed by atoms with Crippen LogP contribution in [-0.4, -0.2) is 17.6 Å². The van der Waals surface area contributed by atoms with Gasteiger partial charge in [0.1, 0.15) is 5.56 Å². The van der Waals surface area contributed by atoms with Gasteiger partial charge in [0, 0.05) is 18.1 Å². The molecule has 1 N–H and O–H groups in total. The van der Waals surface area contributed by atoms with Crippen LogP contribution in [0.15, 0.2) is 48.7 Å². The fraction of sp³-hybridized carbons (Fsp3) is 0.238. The van der Waals surface area contributed by atoms with E-state index in [4.69, 9.17) is 4.74 Å². The third-order valence-corrected chi connectivity index (χ3v) is 4.37. The zero-order chi connectivity index (χ0) is 17.8. The molecule has 4 nitrogen and oxygen atoms in total. The van der Waals surface area contributed by atoms with Gasteiger partial charge in [0.05, 0.1) is 17.8 Å². The van der Waals surface area contributed by atoms with E-state index in [0.29, 0.717) is 18.7 Å². The number of ether oxygens (including phenoxy) is 1. The molecular formula is C21H22N2O2. The first-order chi connectivity index (χ1) is 12.1. The highest BCUT2D eigenvalue weighted by atomic mass is 16.5. The maximum atomic E-state index is 12.4. The number of hydrogen-bond donors (Lipinski definition) is 1. The normalized spacial score (nSPS) is 10.7. The van der Waals surface area contributed by atoms with E-state index in [1.165, 1.54) is 5.56 Å². The largest absolute Gasteiger partial charge is 0.462 e. The van der Waals surface area contributed by atoms with Crippen molar-refractivity contribution in [3.05, 3.63) is 70.9 Å². The molecule has 0 aliphatic rings. The second kappa shape index (κ2) is 7.34. The van der Waals surface area contributed by atoms with Crippen molar-refractivity contribution in [1.29, 1.82) is 0 Å². The van der Waals surface area contributed by atoms with Crippen LogP contribution in [0.4, 0.5) is 5.69 Å². The number of pyridine rings is 1. The molecule has 0 aliphatic heterocycles. The summed E-state index contributed by atoms with van der Waals surface area (Å²) in [6.45, 7) is 6.88. The molecule has 1 heterocycles. The Morgan fingerprint density at radius 2 is 1.88 bits per heavy atom. The SMILES string of the molecule is CCOC(=O)c1cnc2c(C)c(C)ccc2c1NCc1ccccc1. The Bertz CT molecular complexity index is 905. The van der Waals surface area contributed by atoms with Gasteiger partial charge in [0.25, 0.3) is 0 Å². The average molecular weight is 334 g/mol. The number of carbonyl (C=O) groups excluding carboxylic acids is 1. The summed E-state index contributed by atoms with van der Waals surface area (Å²) in [5.41, 5.74) is 5.59. The fourth-order valence-electron chi connectivity index (χ4n) is 2.85. The molecule has 25 heavy (non-hydrogen) atoms. The van der Waals surface area contributed by atoms with Crippen LogP contribution in [0.2, 0.25) is 0 Å². The Morgan fingerprint density at radius 3 is 2.60 bits per heavy atom. The van der Waals surface area contributed by atoms with Crippen molar-refractivity contribution in [3.8, 4) is 0 Å². The summed E-state index contributed by atoms with van der Waals surface area (Å²) in [7, 11) is 0. The summed E-state index contributed by atoms with van der Waals surface area (Å²) in [6.07, 6.45) is 1.61. The number of aryl methyl sites for hydroxylation is 2. The number of hydrogen-bond acceptors (Lipinski definition) is 4. The minimum Gasteiger partial charge on any atom is -0.462 e. The van der Waals surface area contributed by atoms with Crippen molar-refractivity contribution in [2.75, 3.05) is 11.9 Å². The Labute approximate surface area is 147 Å². The summed E-state index contributed by atoms with van der Waals surface area (Å²) >= 11 is 0. The zero-order valence-electron chi connectivity index (χ0n) is 14.8. The number of benzene rings is 2. The third-order valence-electron chi connectivity index (χ3n) is 4.37. The summed E-state index contributed by atoms with van der Waals surface area (Å²) in [6, 6.07) is 14.2. The molecule has 3 aromatic rings. The molecule has 1 aromatic heterocycles. The van der Waals surface area contributed by atoms with E-state index in [1.54, 1.807) is 13.1 Å². The van der Waals surface area contributed by atoms with Gasteiger partial charge in [0.15, 0.2) is 0 Å². The van der Waals surface area contributed by atoms with E-state index in [1.807, 2.05) is 24.3 Å². The predicted octanol–water partition coefficient (Wildman–Crippen LogP) is 4.64. The lowest BCUT2D eigenvalue weighted by molar-refractivity contribution is 0.0527. The van der Waals surface area contributed by atoms with E-state index >= 15 is 0 Å². The second-order valence-corrected chi connectivity index (χ2v) is 6.01. The molecule has 0 saturated carbocycles. The molecular weight excluding hydrogens is 312 g/mol. The number of nitrogens with one attached hydrogen (secondary N) is 1. The molecule has 0 atom stereocenters. The lowest BCUT2D eigenvalue weighted by Crippen LogP contribution is -2.11. The minimum absolute atomic E-state index is 0.335. The summed E-state index contributed by atoms with van der Waals surface area (Å²) < 4.78 is 5.20.